The van der Waals surface area contributed by atoms with Gasteiger partial charge in [-0.3, -0.25) is 0 Å². The van der Waals surface area contributed by atoms with Gasteiger partial charge in [0.05, 0.1) is 24.7 Å². The van der Waals surface area contributed by atoms with Crippen molar-refractivity contribution in [3.63, 3.8) is 0 Å². The number of rotatable bonds is 2. The molecule has 128 valence electrons. The van der Waals surface area contributed by atoms with E-state index < -0.39 is 12.1 Å². The largest absolute Gasteiger partial charge is 0.475 e. The van der Waals surface area contributed by atoms with E-state index in [4.69, 9.17) is 9.47 Å². The first-order valence-electron chi connectivity index (χ1n) is 7.92. The number of ether oxygens (including phenoxy) is 2. The van der Waals surface area contributed by atoms with E-state index in [0.29, 0.717) is 12.3 Å². The van der Waals surface area contributed by atoms with Crippen LogP contribution >= 0.6 is 11.3 Å². The molecule has 0 N–H and O–H groups in total. The fourth-order valence-electron chi connectivity index (χ4n) is 3.06. The van der Waals surface area contributed by atoms with Crippen LogP contribution in [0.1, 0.15) is 10.4 Å². The van der Waals surface area contributed by atoms with Crippen molar-refractivity contribution in [2.24, 2.45) is 0 Å². The first-order valence-corrected chi connectivity index (χ1v) is 8.73. The molecule has 0 aliphatic carbocycles. The zero-order chi connectivity index (χ0) is 17.6. The summed E-state index contributed by atoms with van der Waals surface area (Å²) in [5.74, 6) is 1.03. The first kappa shape index (κ1) is 15.8. The summed E-state index contributed by atoms with van der Waals surface area (Å²) in [4.78, 5) is 25.2. The van der Waals surface area contributed by atoms with Gasteiger partial charge < -0.3 is 14.4 Å². The van der Waals surface area contributed by atoms with Gasteiger partial charge in [-0.2, -0.15) is 0 Å². The van der Waals surface area contributed by atoms with Gasteiger partial charge in [-0.1, -0.05) is 12.1 Å². The van der Waals surface area contributed by atoms with Crippen LogP contribution in [-0.2, 0) is 9.53 Å². The van der Waals surface area contributed by atoms with Gasteiger partial charge in [0.15, 0.2) is 0 Å². The van der Waals surface area contributed by atoms with Crippen LogP contribution in [0.25, 0.3) is 10.2 Å². The number of carbonyl (C=O) groups is 1. The number of aromatic nitrogens is 2. The number of nitrogens with zero attached hydrogens (tertiary/aromatic N) is 3. The smallest absolute Gasteiger partial charge is 0.348 e. The van der Waals surface area contributed by atoms with Gasteiger partial charge in [-0.25, -0.2) is 14.8 Å². The summed E-state index contributed by atoms with van der Waals surface area (Å²) < 4.78 is 10.7. The number of anilines is 2. The molecule has 0 spiro atoms. The van der Waals surface area contributed by atoms with Crippen molar-refractivity contribution in [1.29, 1.82) is 0 Å². The third-order valence-electron chi connectivity index (χ3n) is 4.44. The quantitative estimate of drug-likeness (QED) is 0.657. The lowest BCUT2D eigenvalue weighted by atomic mass is 10.1. The molecule has 0 fully saturated rings. The highest BCUT2D eigenvalue weighted by molar-refractivity contribution is 7.18. The maximum Gasteiger partial charge on any atom is 0.348 e. The second-order valence-electron chi connectivity index (χ2n) is 5.87. The number of benzene rings is 1. The van der Waals surface area contributed by atoms with Crippen molar-refractivity contribution in [3.8, 4) is 5.75 Å². The topological polar surface area (TPSA) is 64.5 Å². The molecule has 2 aromatic heterocycles. The van der Waals surface area contributed by atoms with Crippen LogP contribution in [0.5, 0.6) is 5.75 Å². The molecule has 0 bridgehead atoms. The third kappa shape index (κ3) is 2.51. The molecule has 1 aliphatic rings. The number of carbonyl (C=O) groups excluding carboxylic acids is 1. The lowest BCUT2D eigenvalue weighted by Crippen LogP contribution is -2.43. The van der Waals surface area contributed by atoms with Crippen molar-refractivity contribution >= 4 is 39.0 Å². The van der Waals surface area contributed by atoms with Gasteiger partial charge in [0.1, 0.15) is 22.7 Å². The van der Waals surface area contributed by atoms with Crippen molar-refractivity contribution in [3.05, 3.63) is 41.0 Å². The highest BCUT2D eigenvalue weighted by Crippen LogP contribution is 2.42. The van der Waals surface area contributed by atoms with Crippen molar-refractivity contribution in [2.45, 2.75) is 20.0 Å². The molecule has 1 aliphatic heterocycles. The van der Waals surface area contributed by atoms with Crippen molar-refractivity contribution < 1.29 is 14.3 Å². The van der Waals surface area contributed by atoms with E-state index >= 15 is 0 Å². The minimum atomic E-state index is -0.704. The maximum absolute atomic E-state index is 12.1. The van der Waals surface area contributed by atoms with Crippen LogP contribution in [-0.4, -0.2) is 35.7 Å². The van der Waals surface area contributed by atoms with Crippen molar-refractivity contribution in [2.75, 3.05) is 18.6 Å². The minimum Gasteiger partial charge on any atom is -0.475 e. The molecule has 0 saturated carbocycles. The minimum absolute atomic E-state index is 0.337. The Hall–Kier alpha value is -2.67. The molecule has 4 rings (SSSR count). The Morgan fingerprint density at radius 1 is 1.32 bits per heavy atom. The number of hydrogen-bond acceptors (Lipinski definition) is 7. The van der Waals surface area contributed by atoms with Crippen LogP contribution in [0, 0.1) is 13.8 Å². The summed E-state index contributed by atoms with van der Waals surface area (Å²) in [6, 6.07) is 7.64. The molecule has 3 heterocycles. The Bertz CT molecular complexity index is 969. The van der Waals surface area contributed by atoms with Gasteiger partial charge in [0.2, 0.25) is 6.10 Å². The van der Waals surface area contributed by atoms with Gasteiger partial charge in [-0.05, 0) is 31.5 Å². The Balaban J connectivity index is 1.91. The number of para-hydroxylation sites is 2. The average Bonchev–Trinajstić information content (AvgIpc) is 2.94. The Morgan fingerprint density at radius 3 is 2.92 bits per heavy atom. The zero-order valence-electron chi connectivity index (χ0n) is 14.1. The lowest BCUT2D eigenvalue weighted by molar-refractivity contribution is -0.148. The molecular formula is C18H17N3O3S. The second-order valence-corrected chi connectivity index (χ2v) is 7.07. The number of aryl methyl sites for hydroxylation is 2. The molecule has 0 saturated heterocycles. The third-order valence-corrected chi connectivity index (χ3v) is 5.55. The van der Waals surface area contributed by atoms with Gasteiger partial charge >= 0.3 is 5.97 Å². The van der Waals surface area contributed by atoms with E-state index in [0.717, 1.165) is 27.3 Å². The van der Waals surface area contributed by atoms with Crippen LogP contribution in [0.4, 0.5) is 11.5 Å². The molecule has 7 heteroatoms. The van der Waals surface area contributed by atoms with Gasteiger partial charge in [-0.15, -0.1) is 11.3 Å². The predicted octanol–water partition coefficient (Wildman–Crippen LogP) is 3.38. The molecule has 1 atom stereocenters. The Morgan fingerprint density at radius 2 is 2.12 bits per heavy atom. The molecule has 0 amide bonds. The number of hydrogen-bond donors (Lipinski definition) is 0. The number of methoxy groups -OCH3 is 1. The molecule has 0 radical (unpaired) electrons. The summed E-state index contributed by atoms with van der Waals surface area (Å²) in [5.41, 5.74) is 2.04. The van der Waals surface area contributed by atoms with E-state index in [9.17, 15) is 4.79 Å². The lowest BCUT2D eigenvalue weighted by Gasteiger charge is -2.34. The number of fused-ring (bicyclic) bond motifs is 2. The number of thiophene rings is 1. The summed E-state index contributed by atoms with van der Waals surface area (Å²) >= 11 is 1.65. The van der Waals surface area contributed by atoms with Crippen LogP contribution in [0.2, 0.25) is 0 Å². The highest BCUT2D eigenvalue weighted by atomic mass is 32.1. The molecule has 6 nitrogen and oxygen atoms in total. The van der Waals surface area contributed by atoms with E-state index in [1.165, 1.54) is 12.0 Å². The normalized spacial score (nSPS) is 16.4. The standard InChI is InChI=1S/C18H17N3O3S/c1-10-11(2)25-17-15(10)16(19-9-20-17)21-8-14(18(22)23-3)24-13-7-5-4-6-12(13)21/h4-7,9,14H,8H2,1-3H3/t14-/m0/s1. The molecule has 0 unspecified atom stereocenters. The number of esters is 1. The van der Waals surface area contributed by atoms with Gasteiger partial charge in [0, 0.05) is 4.88 Å². The summed E-state index contributed by atoms with van der Waals surface area (Å²) in [5, 5.41) is 1.02. The fraction of sp³-hybridized carbons (Fsp3) is 0.278. The molecule has 25 heavy (non-hydrogen) atoms. The SMILES string of the molecule is COC(=O)[C@@H]1CN(c2ncnc3sc(C)c(C)c23)c2ccccc2O1. The summed E-state index contributed by atoms with van der Waals surface area (Å²) in [6.07, 6.45) is 0.864. The summed E-state index contributed by atoms with van der Waals surface area (Å²) in [6.45, 7) is 4.49. The van der Waals surface area contributed by atoms with Crippen LogP contribution < -0.4 is 9.64 Å². The van der Waals surface area contributed by atoms with Crippen LogP contribution in [0.3, 0.4) is 0 Å². The van der Waals surface area contributed by atoms with E-state index in [1.54, 1.807) is 17.7 Å². The molecule has 1 aromatic carbocycles. The van der Waals surface area contributed by atoms with Gasteiger partial charge in [0.25, 0.3) is 0 Å². The second kappa shape index (κ2) is 6.00. The average molecular weight is 355 g/mol. The van der Waals surface area contributed by atoms with Crippen LogP contribution in [0.15, 0.2) is 30.6 Å². The van der Waals surface area contributed by atoms with Crippen molar-refractivity contribution in [1.82, 2.24) is 9.97 Å². The summed E-state index contributed by atoms with van der Waals surface area (Å²) in [7, 11) is 1.37. The molecule has 3 aromatic rings. The maximum atomic E-state index is 12.1. The first-order chi connectivity index (χ1) is 12.1. The fourth-order valence-corrected chi connectivity index (χ4v) is 4.05. The van der Waals surface area contributed by atoms with E-state index in [-0.39, 0.29) is 0 Å². The van der Waals surface area contributed by atoms with E-state index in [1.807, 2.05) is 29.2 Å². The Labute approximate surface area is 149 Å². The Kier molecular flexibility index (Phi) is 3.80. The highest BCUT2D eigenvalue weighted by Gasteiger charge is 2.33. The van der Waals surface area contributed by atoms with E-state index in [2.05, 4.69) is 23.8 Å². The molecular weight excluding hydrogens is 338 g/mol. The monoisotopic (exact) mass is 355 g/mol. The predicted molar refractivity (Wildman–Crippen MR) is 96.8 cm³/mol. The zero-order valence-corrected chi connectivity index (χ0v) is 15.0.